The van der Waals surface area contributed by atoms with Crippen molar-refractivity contribution < 1.29 is 28.7 Å². The van der Waals surface area contributed by atoms with Gasteiger partial charge in [0.15, 0.2) is 11.5 Å². The maximum Gasteiger partial charge on any atom is 0.283 e. The van der Waals surface area contributed by atoms with Gasteiger partial charge in [-0.05, 0) is 24.3 Å². The van der Waals surface area contributed by atoms with Gasteiger partial charge in [-0.15, -0.1) is 0 Å². The number of fused-ring (bicyclic) bond motifs is 2. The van der Waals surface area contributed by atoms with E-state index in [1.807, 2.05) is 0 Å². The number of hydrazine groups is 1. The molecule has 0 aromatic heterocycles. The quantitative estimate of drug-likeness (QED) is 0.583. The number of nitrogens with zero attached hydrogens (tertiary/aromatic N) is 1. The molecule has 0 spiro atoms. The molecule has 0 fully saturated rings. The van der Waals surface area contributed by atoms with Crippen LogP contribution in [0.3, 0.4) is 0 Å². The minimum Gasteiger partial charge on any atom is -0.485 e. The molecule has 142 valence electrons. The molecule has 0 radical (unpaired) electrons. The molecule has 2 aromatic rings. The Balaban J connectivity index is 1.31. The summed E-state index contributed by atoms with van der Waals surface area (Å²) in [4.78, 5) is 49.6. The van der Waals surface area contributed by atoms with Gasteiger partial charge in [0, 0.05) is 0 Å². The van der Waals surface area contributed by atoms with E-state index in [1.54, 1.807) is 36.4 Å². The van der Waals surface area contributed by atoms with E-state index in [0.29, 0.717) is 11.5 Å². The summed E-state index contributed by atoms with van der Waals surface area (Å²) in [6.45, 7) is -0.533. The van der Waals surface area contributed by atoms with Crippen LogP contribution in [0.15, 0.2) is 48.5 Å². The SMILES string of the molecule is O=C(CN1C(=O)c2ccccc2C1=O)NNC(=O)[C@H]1COc2ccccc2O1. The Morgan fingerprint density at radius 3 is 2.21 bits per heavy atom. The topological polar surface area (TPSA) is 114 Å². The zero-order valence-corrected chi connectivity index (χ0v) is 14.5. The molecule has 2 aromatic carbocycles. The lowest BCUT2D eigenvalue weighted by molar-refractivity contribution is -0.135. The number of ether oxygens (including phenoxy) is 2. The Morgan fingerprint density at radius 1 is 0.929 bits per heavy atom. The van der Waals surface area contributed by atoms with Crippen LogP contribution < -0.4 is 20.3 Å². The molecule has 0 aliphatic carbocycles. The molecule has 0 saturated heterocycles. The van der Waals surface area contributed by atoms with Crippen molar-refractivity contribution in [2.75, 3.05) is 13.2 Å². The minimum absolute atomic E-state index is 0.0167. The molecule has 4 amide bonds. The van der Waals surface area contributed by atoms with E-state index >= 15 is 0 Å². The van der Waals surface area contributed by atoms with Crippen LogP contribution in [0.4, 0.5) is 0 Å². The van der Waals surface area contributed by atoms with Gasteiger partial charge in [-0.3, -0.25) is 34.9 Å². The average Bonchev–Trinajstić information content (AvgIpc) is 2.97. The van der Waals surface area contributed by atoms with Gasteiger partial charge in [0.25, 0.3) is 23.6 Å². The summed E-state index contributed by atoms with van der Waals surface area (Å²) >= 11 is 0. The number of nitrogens with one attached hydrogen (secondary N) is 2. The molecule has 28 heavy (non-hydrogen) atoms. The average molecular weight is 381 g/mol. The van der Waals surface area contributed by atoms with Gasteiger partial charge >= 0.3 is 0 Å². The van der Waals surface area contributed by atoms with Crippen molar-refractivity contribution in [1.29, 1.82) is 0 Å². The van der Waals surface area contributed by atoms with Crippen LogP contribution >= 0.6 is 0 Å². The van der Waals surface area contributed by atoms with Crippen molar-refractivity contribution >= 4 is 23.6 Å². The molecular weight excluding hydrogens is 366 g/mol. The molecule has 1 atom stereocenters. The maximum atomic E-state index is 12.2. The first-order chi connectivity index (χ1) is 13.5. The van der Waals surface area contributed by atoms with Gasteiger partial charge in [0.1, 0.15) is 13.2 Å². The number of para-hydroxylation sites is 2. The molecular formula is C19H15N3O6. The van der Waals surface area contributed by atoms with Crippen molar-refractivity contribution in [3.8, 4) is 11.5 Å². The minimum atomic E-state index is -0.950. The zero-order chi connectivity index (χ0) is 19.7. The van der Waals surface area contributed by atoms with Crippen LogP contribution in [0.2, 0.25) is 0 Å². The first kappa shape index (κ1) is 17.5. The molecule has 2 heterocycles. The molecule has 0 unspecified atom stereocenters. The van der Waals surface area contributed by atoms with E-state index in [2.05, 4.69) is 10.9 Å². The molecule has 2 aliphatic heterocycles. The highest BCUT2D eigenvalue weighted by Gasteiger charge is 2.36. The van der Waals surface area contributed by atoms with Gasteiger partial charge in [-0.2, -0.15) is 0 Å². The van der Waals surface area contributed by atoms with Crippen LogP contribution in [-0.2, 0) is 9.59 Å². The predicted octanol–water partition coefficient (Wildman–Crippen LogP) is 0.270. The summed E-state index contributed by atoms with van der Waals surface area (Å²) in [5.74, 6) is -1.50. The molecule has 0 saturated carbocycles. The number of carbonyl (C=O) groups is 4. The lowest BCUT2D eigenvalue weighted by atomic mass is 10.1. The maximum absolute atomic E-state index is 12.2. The lowest BCUT2D eigenvalue weighted by Crippen LogP contribution is -2.53. The summed E-state index contributed by atoms with van der Waals surface area (Å²) in [5.41, 5.74) is 4.89. The third kappa shape index (κ3) is 3.13. The van der Waals surface area contributed by atoms with Crippen LogP contribution in [-0.4, -0.2) is 47.8 Å². The summed E-state index contributed by atoms with van der Waals surface area (Å²) in [6, 6.07) is 13.2. The monoisotopic (exact) mass is 381 g/mol. The third-order valence-corrected chi connectivity index (χ3v) is 4.31. The number of rotatable bonds is 3. The van der Waals surface area contributed by atoms with E-state index in [4.69, 9.17) is 9.47 Å². The Bertz CT molecular complexity index is 954. The van der Waals surface area contributed by atoms with Gasteiger partial charge in [-0.25, -0.2) is 0 Å². The number of hydrogen-bond donors (Lipinski definition) is 2. The summed E-state index contributed by atoms with van der Waals surface area (Å²) < 4.78 is 11.0. The second-order valence-electron chi connectivity index (χ2n) is 6.14. The molecule has 2 aliphatic rings. The van der Waals surface area contributed by atoms with E-state index in [1.165, 1.54) is 12.1 Å². The highest BCUT2D eigenvalue weighted by molar-refractivity contribution is 6.22. The summed E-state index contributed by atoms with van der Waals surface area (Å²) in [5, 5.41) is 0. The van der Waals surface area contributed by atoms with Crippen LogP contribution in [0.1, 0.15) is 20.7 Å². The van der Waals surface area contributed by atoms with E-state index in [0.717, 1.165) is 4.90 Å². The number of amides is 4. The fraction of sp³-hybridized carbons (Fsp3) is 0.158. The molecule has 0 bridgehead atoms. The van der Waals surface area contributed by atoms with Crippen LogP contribution in [0.25, 0.3) is 0 Å². The standard InChI is InChI=1S/C19H15N3O6/c23-16(9-22-18(25)11-5-1-2-6-12(11)19(22)26)20-21-17(24)15-10-27-13-7-3-4-8-14(13)28-15/h1-8,15H,9-10H2,(H,20,23)(H,21,24)/t15-/m1/s1. The van der Waals surface area contributed by atoms with Gasteiger partial charge < -0.3 is 9.47 Å². The van der Waals surface area contributed by atoms with Crippen molar-refractivity contribution in [3.63, 3.8) is 0 Å². The molecule has 9 nitrogen and oxygen atoms in total. The largest absolute Gasteiger partial charge is 0.485 e. The third-order valence-electron chi connectivity index (χ3n) is 4.31. The highest BCUT2D eigenvalue weighted by atomic mass is 16.6. The van der Waals surface area contributed by atoms with Crippen molar-refractivity contribution in [1.82, 2.24) is 15.8 Å². The predicted molar refractivity (Wildman–Crippen MR) is 94.4 cm³/mol. The first-order valence-corrected chi connectivity index (χ1v) is 8.47. The fourth-order valence-corrected chi connectivity index (χ4v) is 2.93. The number of imide groups is 1. The first-order valence-electron chi connectivity index (χ1n) is 8.47. The number of carbonyl (C=O) groups excluding carboxylic acids is 4. The normalized spacial score (nSPS) is 17.1. The van der Waals surface area contributed by atoms with Gasteiger partial charge in [-0.1, -0.05) is 24.3 Å². The van der Waals surface area contributed by atoms with E-state index in [9.17, 15) is 19.2 Å². The lowest BCUT2D eigenvalue weighted by Gasteiger charge is -2.25. The van der Waals surface area contributed by atoms with Crippen LogP contribution in [0.5, 0.6) is 11.5 Å². The summed E-state index contributed by atoms with van der Waals surface area (Å²) in [6.07, 6.45) is -0.950. The van der Waals surface area contributed by atoms with Gasteiger partial charge in [0.2, 0.25) is 6.10 Å². The Morgan fingerprint density at radius 2 is 1.54 bits per heavy atom. The van der Waals surface area contributed by atoms with E-state index < -0.39 is 36.3 Å². The van der Waals surface area contributed by atoms with Gasteiger partial charge in [0.05, 0.1) is 11.1 Å². The molecule has 2 N–H and O–H groups in total. The second kappa shape index (κ2) is 7.03. The molecule has 9 heteroatoms. The Labute approximate surface area is 159 Å². The van der Waals surface area contributed by atoms with Crippen molar-refractivity contribution in [2.45, 2.75) is 6.10 Å². The summed E-state index contributed by atoms with van der Waals surface area (Å²) in [7, 11) is 0. The van der Waals surface area contributed by atoms with Crippen molar-refractivity contribution in [3.05, 3.63) is 59.7 Å². The smallest absolute Gasteiger partial charge is 0.283 e. The van der Waals surface area contributed by atoms with Crippen LogP contribution in [0, 0.1) is 0 Å². The Kier molecular flexibility index (Phi) is 4.40. The highest BCUT2D eigenvalue weighted by Crippen LogP contribution is 2.30. The number of hydrogen-bond acceptors (Lipinski definition) is 6. The molecule has 4 rings (SSSR count). The number of benzene rings is 2. The van der Waals surface area contributed by atoms with Crippen molar-refractivity contribution in [2.24, 2.45) is 0 Å². The van der Waals surface area contributed by atoms with E-state index in [-0.39, 0.29) is 17.7 Å². The Hall–Kier alpha value is -3.88. The second-order valence-corrected chi connectivity index (χ2v) is 6.14. The zero-order valence-electron chi connectivity index (χ0n) is 14.5. The fourth-order valence-electron chi connectivity index (χ4n) is 2.93.